The maximum atomic E-state index is 13.1. The van der Waals surface area contributed by atoms with Crippen molar-refractivity contribution in [2.45, 2.75) is 13.0 Å². The number of nitrogens with one attached hydrogen (secondary N) is 1. The summed E-state index contributed by atoms with van der Waals surface area (Å²) in [7, 11) is 0. The van der Waals surface area contributed by atoms with Crippen LogP contribution in [0.2, 0.25) is 0 Å². The maximum absolute atomic E-state index is 13.1. The third-order valence-electron chi connectivity index (χ3n) is 3.42. The third kappa shape index (κ3) is 2.11. The van der Waals surface area contributed by atoms with Crippen LogP contribution in [-0.2, 0) is 0 Å². The van der Waals surface area contributed by atoms with Crippen molar-refractivity contribution in [3.05, 3.63) is 29.9 Å². The van der Waals surface area contributed by atoms with Crippen LogP contribution in [0.4, 0.5) is 4.39 Å². The van der Waals surface area contributed by atoms with Crippen molar-refractivity contribution in [1.29, 1.82) is 0 Å². The molecule has 1 unspecified atom stereocenters. The second-order valence-corrected chi connectivity index (χ2v) is 4.63. The van der Waals surface area contributed by atoms with Gasteiger partial charge in [0, 0.05) is 32.2 Å². The van der Waals surface area contributed by atoms with E-state index in [2.05, 4.69) is 22.1 Å². The Hall–Kier alpha value is -1.46. The third-order valence-corrected chi connectivity index (χ3v) is 3.42. The minimum atomic E-state index is -0.280. The van der Waals surface area contributed by atoms with E-state index in [4.69, 9.17) is 4.42 Å². The molecule has 1 N–H and O–H groups in total. The van der Waals surface area contributed by atoms with Crippen LogP contribution in [0.15, 0.2) is 22.6 Å². The van der Waals surface area contributed by atoms with Crippen LogP contribution < -0.4 is 5.32 Å². The number of halogens is 1. The molecule has 1 aliphatic rings. The van der Waals surface area contributed by atoms with Gasteiger partial charge in [-0.05, 0) is 19.1 Å². The molecular formula is C13H16FN3O. The van der Waals surface area contributed by atoms with Gasteiger partial charge in [-0.1, -0.05) is 0 Å². The van der Waals surface area contributed by atoms with Crippen molar-refractivity contribution < 1.29 is 8.81 Å². The zero-order valence-electron chi connectivity index (χ0n) is 10.3. The summed E-state index contributed by atoms with van der Waals surface area (Å²) in [6.45, 7) is 6.01. The molecular weight excluding hydrogens is 233 g/mol. The van der Waals surface area contributed by atoms with Crippen molar-refractivity contribution >= 4 is 11.1 Å². The Morgan fingerprint density at radius 1 is 1.39 bits per heavy atom. The summed E-state index contributed by atoms with van der Waals surface area (Å²) in [5.74, 6) is 0.384. The minimum Gasteiger partial charge on any atom is -0.439 e. The van der Waals surface area contributed by atoms with E-state index < -0.39 is 0 Å². The molecule has 1 saturated heterocycles. The molecule has 1 fully saturated rings. The molecule has 1 aromatic heterocycles. The fourth-order valence-corrected chi connectivity index (χ4v) is 2.32. The van der Waals surface area contributed by atoms with Crippen molar-refractivity contribution in [2.75, 3.05) is 26.2 Å². The average Bonchev–Trinajstić information content (AvgIpc) is 2.81. The predicted octanol–water partition coefficient (Wildman–Crippen LogP) is 1.93. The van der Waals surface area contributed by atoms with Gasteiger partial charge in [0.05, 0.1) is 6.04 Å². The summed E-state index contributed by atoms with van der Waals surface area (Å²) in [6, 6.07) is 4.56. The average molecular weight is 249 g/mol. The number of hydrogen-bond acceptors (Lipinski definition) is 4. The first-order valence-electron chi connectivity index (χ1n) is 6.25. The van der Waals surface area contributed by atoms with E-state index in [1.165, 1.54) is 12.1 Å². The lowest BCUT2D eigenvalue weighted by Gasteiger charge is -2.30. The van der Waals surface area contributed by atoms with Crippen LogP contribution in [0, 0.1) is 5.82 Å². The first-order valence-corrected chi connectivity index (χ1v) is 6.25. The highest BCUT2D eigenvalue weighted by atomic mass is 19.1. The molecule has 5 heteroatoms. The number of hydrogen-bond donors (Lipinski definition) is 1. The van der Waals surface area contributed by atoms with Crippen LogP contribution in [-0.4, -0.2) is 36.1 Å². The Morgan fingerprint density at radius 3 is 2.94 bits per heavy atom. The molecule has 1 atom stereocenters. The highest BCUT2D eigenvalue weighted by Crippen LogP contribution is 2.24. The van der Waals surface area contributed by atoms with Gasteiger partial charge in [0.1, 0.15) is 11.3 Å². The molecule has 4 nitrogen and oxygen atoms in total. The van der Waals surface area contributed by atoms with Gasteiger partial charge >= 0.3 is 0 Å². The van der Waals surface area contributed by atoms with E-state index in [-0.39, 0.29) is 11.9 Å². The largest absolute Gasteiger partial charge is 0.439 e. The van der Waals surface area contributed by atoms with Gasteiger partial charge in [0.25, 0.3) is 0 Å². The van der Waals surface area contributed by atoms with E-state index in [0.29, 0.717) is 17.0 Å². The molecule has 2 aromatic rings. The highest BCUT2D eigenvalue weighted by molar-refractivity contribution is 5.72. The molecule has 0 radical (unpaired) electrons. The van der Waals surface area contributed by atoms with Gasteiger partial charge in [-0.2, -0.15) is 0 Å². The molecule has 1 aliphatic heterocycles. The zero-order chi connectivity index (χ0) is 12.5. The normalized spacial score (nSPS) is 19.2. The summed E-state index contributed by atoms with van der Waals surface area (Å²) in [6.07, 6.45) is 0. The van der Waals surface area contributed by atoms with E-state index in [1.54, 1.807) is 6.07 Å². The number of piperazine rings is 1. The molecule has 0 aliphatic carbocycles. The number of benzene rings is 1. The van der Waals surface area contributed by atoms with Gasteiger partial charge < -0.3 is 9.73 Å². The summed E-state index contributed by atoms with van der Waals surface area (Å²) in [5, 5.41) is 3.31. The van der Waals surface area contributed by atoms with E-state index in [0.717, 1.165) is 26.2 Å². The molecule has 0 spiro atoms. The first-order chi connectivity index (χ1) is 8.74. The van der Waals surface area contributed by atoms with Crippen LogP contribution in [0.3, 0.4) is 0 Å². The Balaban J connectivity index is 1.88. The monoisotopic (exact) mass is 249 g/mol. The summed E-state index contributed by atoms with van der Waals surface area (Å²) in [5.41, 5.74) is 1.24. The molecule has 0 amide bonds. The predicted molar refractivity (Wildman–Crippen MR) is 66.8 cm³/mol. The molecule has 0 saturated carbocycles. The molecule has 0 bridgehead atoms. The SMILES string of the molecule is CC(c1nc2cc(F)ccc2o1)N1CCNCC1. The highest BCUT2D eigenvalue weighted by Gasteiger charge is 2.22. The molecule has 2 heterocycles. The molecule has 18 heavy (non-hydrogen) atoms. The number of rotatable bonds is 2. The molecule has 3 rings (SSSR count). The van der Waals surface area contributed by atoms with Crippen molar-refractivity contribution in [2.24, 2.45) is 0 Å². The summed E-state index contributed by atoms with van der Waals surface area (Å²) in [4.78, 5) is 6.70. The Labute approximate surface area is 105 Å². The van der Waals surface area contributed by atoms with Crippen molar-refractivity contribution in [1.82, 2.24) is 15.2 Å². The van der Waals surface area contributed by atoms with Gasteiger partial charge in [-0.15, -0.1) is 0 Å². The van der Waals surface area contributed by atoms with Crippen LogP contribution in [0.5, 0.6) is 0 Å². The Kier molecular flexibility index (Phi) is 3.01. The zero-order valence-corrected chi connectivity index (χ0v) is 10.3. The second kappa shape index (κ2) is 4.66. The quantitative estimate of drug-likeness (QED) is 0.883. The lowest BCUT2D eigenvalue weighted by molar-refractivity contribution is 0.164. The Morgan fingerprint density at radius 2 is 2.17 bits per heavy atom. The standard InChI is InChI=1S/C13H16FN3O/c1-9(17-6-4-15-5-7-17)13-16-11-8-10(14)2-3-12(11)18-13/h2-3,8-9,15H,4-7H2,1H3. The van der Waals surface area contributed by atoms with Gasteiger partial charge in [0.2, 0.25) is 5.89 Å². The van der Waals surface area contributed by atoms with E-state index in [1.807, 2.05) is 0 Å². The minimum absolute atomic E-state index is 0.127. The molecule has 1 aromatic carbocycles. The molecule has 96 valence electrons. The van der Waals surface area contributed by atoms with Gasteiger partial charge in [-0.25, -0.2) is 9.37 Å². The van der Waals surface area contributed by atoms with Crippen LogP contribution in [0.1, 0.15) is 18.9 Å². The van der Waals surface area contributed by atoms with E-state index >= 15 is 0 Å². The van der Waals surface area contributed by atoms with Crippen LogP contribution >= 0.6 is 0 Å². The lowest BCUT2D eigenvalue weighted by Crippen LogP contribution is -2.44. The maximum Gasteiger partial charge on any atom is 0.212 e. The van der Waals surface area contributed by atoms with Gasteiger partial charge in [0.15, 0.2) is 5.58 Å². The number of oxazole rings is 1. The van der Waals surface area contributed by atoms with Crippen molar-refractivity contribution in [3.63, 3.8) is 0 Å². The second-order valence-electron chi connectivity index (χ2n) is 4.63. The van der Waals surface area contributed by atoms with Crippen molar-refractivity contribution in [3.8, 4) is 0 Å². The topological polar surface area (TPSA) is 41.3 Å². The smallest absolute Gasteiger partial charge is 0.212 e. The van der Waals surface area contributed by atoms with E-state index in [9.17, 15) is 4.39 Å². The summed E-state index contributed by atoms with van der Waals surface area (Å²) >= 11 is 0. The fraction of sp³-hybridized carbons (Fsp3) is 0.462. The number of nitrogens with zero attached hydrogens (tertiary/aromatic N) is 2. The fourth-order valence-electron chi connectivity index (χ4n) is 2.32. The van der Waals surface area contributed by atoms with Crippen LogP contribution in [0.25, 0.3) is 11.1 Å². The lowest BCUT2D eigenvalue weighted by atomic mass is 10.2. The number of aromatic nitrogens is 1. The first kappa shape index (κ1) is 11.6. The Bertz CT molecular complexity index is 548. The van der Waals surface area contributed by atoms with Gasteiger partial charge in [-0.3, -0.25) is 4.90 Å². The number of fused-ring (bicyclic) bond motifs is 1. The summed E-state index contributed by atoms with van der Waals surface area (Å²) < 4.78 is 18.8.